The minimum Gasteiger partial charge on any atom is -0.359 e. The molecule has 1 aliphatic heterocycles. The van der Waals surface area contributed by atoms with E-state index in [0.717, 1.165) is 17.5 Å². The third-order valence-corrected chi connectivity index (χ3v) is 5.32. The van der Waals surface area contributed by atoms with Crippen molar-refractivity contribution in [2.75, 3.05) is 25.5 Å². The highest BCUT2D eigenvalue weighted by Crippen LogP contribution is 2.22. The van der Waals surface area contributed by atoms with E-state index in [2.05, 4.69) is 10.6 Å². The molecule has 0 radical (unpaired) electrons. The lowest BCUT2D eigenvalue weighted by atomic mass is 9.96. The molecule has 0 bridgehead atoms. The first-order valence-electron chi connectivity index (χ1n) is 10.1. The summed E-state index contributed by atoms with van der Waals surface area (Å²) < 4.78 is 13.1. The average Bonchev–Trinajstić information content (AvgIpc) is 2.76. The van der Waals surface area contributed by atoms with E-state index < -0.39 is 0 Å². The smallest absolute Gasteiger partial charge is 0.229 e. The maximum absolute atomic E-state index is 13.1. The van der Waals surface area contributed by atoms with Gasteiger partial charge >= 0.3 is 0 Å². The van der Waals surface area contributed by atoms with Crippen molar-refractivity contribution in [2.24, 2.45) is 5.92 Å². The molecule has 158 valence electrons. The molecule has 3 rings (SSSR count). The van der Waals surface area contributed by atoms with Crippen LogP contribution >= 0.6 is 0 Å². The van der Waals surface area contributed by atoms with Gasteiger partial charge in [-0.1, -0.05) is 30.3 Å². The largest absolute Gasteiger partial charge is 0.359 e. The predicted octanol–water partition coefficient (Wildman–Crippen LogP) is 2.53. The number of hydrogen-bond acceptors (Lipinski definition) is 3. The second-order valence-electron chi connectivity index (χ2n) is 7.48. The van der Waals surface area contributed by atoms with Gasteiger partial charge in [0.05, 0.1) is 18.8 Å². The molecule has 0 aromatic heterocycles. The number of halogens is 1. The van der Waals surface area contributed by atoms with Crippen molar-refractivity contribution in [3.8, 4) is 0 Å². The van der Waals surface area contributed by atoms with Gasteiger partial charge in [0, 0.05) is 25.8 Å². The standard InChI is InChI=1S/C23H26FN3O3/c1-25-21(28)14-17-5-2-3-7-20(17)26-23(30)18-6-4-12-27(15-18)22(29)13-16-8-10-19(24)11-9-16/h2-3,5,7-11,18H,4,6,12-15H2,1H3,(H,25,28)(H,26,30). The molecule has 7 heteroatoms. The number of amides is 3. The number of likely N-dealkylation sites (N-methyl/N-ethyl adjacent to an activating group) is 1. The number of para-hydroxylation sites is 1. The highest BCUT2D eigenvalue weighted by Gasteiger charge is 2.28. The molecular formula is C23H26FN3O3. The van der Waals surface area contributed by atoms with Crippen LogP contribution in [0.3, 0.4) is 0 Å². The molecule has 1 saturated heterocycles. The van der Waals surface area contributed by atoms with Gasteiger partial charge in [-0.2, -0.15) is 0 Å². The number of hydrogen-bond donors (Lipinski definition) is 2. The number of nitrogens with one attached hydrogen (secondary N) is 2. The molecular weight excluding hydrogens is 385 g/mol. The number of likely N-dealkylation sites (tertiary alicyclic amines) is 1. The van der Waals surface area contributed by atoms with Crippen LogP contribution in [0.5, 0.6) is 0 Å². The molecule has 1 aliphatic rings. The maximum Gasteiger partial charge on any atom is 0.229 e. The molecule has 2 aromatic carbocycles. The monoisotopic (exact) mass is 411 g/mol. The Morgan fingerprint density at radius 2 is 1.80 bits per heavy atom. The highest BCUT2D eigenvalue weighted by molar-refractivity contribution is 5.94. The SMILES string of the molecule is CNC(=O)Cc1ccccc1NC(=O)C1CCCN(C(=O)Cc2ccc(F)cc2)C1. The van der Waals surface area contributed by atoms with Crippen LogP contribution in [0.4, 0.5) is 10.1 Å². The van der Waals surface area contributed by atoms with Gasteiger partial charge in [0.15, 0.2) is 0 Å². The first-order valence-corrected chi connectivity index (χ1v) is 10.1. The Bertz CT molecular complexity index is 914. The number of anilines is 1. The van der Waals surface area contributed by atoms with Crippen LogP contribution in [0.15, 0.2) is 48.5 Å². The zero-order valence-electron chi connectivity index (χ0n) is 17.0. The van der Waals surface area contributed by atoms with Crippen molar-refractivity contribution in [3.05, 3.63) is 65.5 Å². The van der Waals surface area contributed by atoms with E-state index in [-0.39, 0.29) is 42.3 Å². The fourth-order valence-electron chi connectivity index (χ4n) is 3.60. The van der Waals surface area contributed by atoms with Crippen LogP contribution in [0.2, 0.25) is 0 Å². The first-order chi connectivity index (χ1) is 14.5. The molecule has 0 saturated carbocycles. The molecule has 0 aliphatic carbocycles. The van der Waals surface area contributed by atoms with E-state index >= 15 is 0 Å². The van der Waals surface area contributed by atoms with Gasteiger partial charge in [0.1, 0.15) is 5.82 Å². The fourth-order valence-corrected chi connectivity index (χ4v) is 3.60. The molecule has 3 amide bonds. The summed E-state index contributed by atoms with van der Waals surface area (Å²) in [6.07, 6.45) is 1.81. The Morgan fingerprint density at radius 3 is 2.53 bits per heavy atom. The van der Waals surface area contributed by atoms with Gasteiger partial charge in [0.25, 0.3) is 0 Å². The Morgan fingerprint density at radius 1 is 1.07 bits per heavy atom. The maximum atomic E-state index is 13.1. The summed E-state index contributed by atoms with van der Waals surface area (Å²) in [4.78, 5) is 38.9. The van der Waals surface area contributed by atoms with Gasteiger partial charge in [0.2, 0.25) is 17.7 Å². The quantitative estimate of drug-likeness (QED) is 0.767. The summed E-state index contributed by atoms with van der Waals surface area (Å²) in [5, 5.41) is 5.51. The van der Waals surface area contributed by atoms with E-state index in [1.54, 1.807) is 30.1 Å². The van der Waals surface area contributed by atoms with Gasteiger partial charge in [-0.25, -0.2) is 4.39 Å². The molecule has 1 atom stereocenters. The average molecular weight is 411 g/mol. The molecule has 30 heavy (non-hydrogen) atoms. The Hall–Kier alpha value is -3.22. The Balaban J connectivity index is 1.61. The van der Waals surface area contributed by atoms with E-state index in [0.29, 0.717) is 25.2 Å². The van der Waals surface area contributed by atoms with Crippen molar-refractivity contribution < 1.29 is 18.8 Å². The minimum absolute atomic E-state index is 0.0703. The second kappa shape index (κ2) is 10.0. The summed E-state index contributed by atoms with van der Waals surface area (Å²) in [5.74, 6) is -1.01. The number of nitrogens with zero attached hydrogens (tertiary/aromatic N) is 1. The van der Waals surface area contributed by atoms with Gasteiger partial charge < -0.3 is 15.5 Å². The van der Waals surface area contributed by atoms with Gasteiger partial charge in [-0.05, 0) is 42.2 Å². The van der Waals surface area contributed by atoms with E-state index in [4.69, 9.17) is 0 Å². The van der Waals surface area contributed by atoms with Crippen LogP contribution in [0.1, 0.15) is 24.0 Å². The number of piperidine rings is 1. The van der Waals surface area contributed by atoms with Gasteiger partial charge in [-0.3, -0.25) is 14.4 Å². The zero-order chi connectivity index (χ0) is 21.5. The first kappa shape index (κ1) is 21.5. The summed E-state index contributed by atoms with van der Waals surface area (Å²) in [6, 6.07) is 13.1. The zero-order valence-corrected chi connectivity index (χ0v) is 17.0. The predicted molar refractivity (Wildman–Crippen MR) is 112 cm³/mol. The minimum atomic E-state index is -0.336. The summed E-state index contributed by atoms with van der Waals surface area (Å²) in [5.41, 5.74) is 2.10. The molecule has 0 spiro atoms. The Labute approximate surface area is 175 Å². The number of carbonyl (C=O) groups is 3. The number of carbonyl (C=O) groups excluding carboxylic acids is 3. The number of benzene rings is 2. The topological polar surface area (TPSA) is 78.5 Å². The molecule has 1 fully saturated rings. The second-order valence-corrected chi connectivity index (χ2v) is 7.48. The van der Waals surface area contributed by atoms with Crippen LogP contribution in [-0.4, -0.2) is 42.8 Å². The van der Waals surface area contributed by atoms with Crippen LogP contribution in [0.25, 0.3) is 0 Å². The van der Waals surface area contributed by atoms with Crippen LogP contribution < -0.4 is 10.6 Å². The van der Waals surface area contributed by atoms with Crippen LogP contribution in [0, 0.1) is 11.7 Å². The van der Waals surface area contributed by atoms with Crippen molar-refractivity contribution in [1.29, 1.82) is 0 Å². The van der Waals surface area contributed by atoms with Crippen molar-refractivity contribution in [2.45, 2.75) is 25.7 Å². The summed E-state index contributed by atoms with van der Waals surface area (Å²) >= 11 is 0. The van der Waals surface area contributed by atoms with E-state index in [1.165, 1.54) is 12.1 Å². The number of rotatable bonds is 6. The van der Waals surface area contributed by atoms with Crippen molar-refractivity contribution in [1.82, 2.24) is 10.2 Å². The molecule has 1 unspecified atom stereocenters. The third kappa shape index (κ3) is 5.65. The lowest BCUT2D eigenvalue weighted by molar-refractivity contribution is -0.134. The third-order valence-electron chi connectivity index (χ3n) is 5.32. The van der Waals surface area contributed by atoms with E-state index in [1.807, 2.05) is 18.2 Å². The summed E-state index contributed by atoms with van der Waals surface area (Å²) in [6.45, 7) is 0.959. The van der Waals surface area contributed by atoms with E-state index in [9.17, 15) is 18.8 Å². The molecule has 1 heterocycles. The van der Waals surface area contributed by atoms with Crippen LogP contribution in [-0.2, 0) is 27.2 Å². The fraction of sp³-hybridized carbons (Fsp3) is 0.348. The molecule has 2 aromatic rings. The highest BCUT2D eigenvalue weighted by atomic mass is 19.1. The lowest BCUT2D eigenvalue weighted by Gasteiger charge is -2.32. The Kier molecular flexibility index (Phi) is 7.17. The lowest BCUT2D eigenvalue weighted by Crippen LogP contribution is -2.44. The van der Waals surface area contributed by atoms with Crippen molar-refractivity contribution in [3.63, 3.8) is 0 Å². The van der Waals surface area contributed by atoms with Crippen molar-refractivity contribution >= 4 is 23.4 Å². The molecule has 2 N–H and O–H groups in total. The van der Waals surface area contributed by atoms with Gasteiger partial charge in [-0.15, -0.1) is 0 Å². The molecule has 6 nitrogen and oxygen atoms in total. The normalized spacial score (nSPS) is 16.1. The summed E-state index contributed by atoms with van der Waals surface area (Å²) in [7, 11) is 1.57.